The predicted octanol–water partition coefficient (Wildman–Crippen LogP) is 3.26. The number of hydrogen-bond donors (Lipinski definition) is 1. The van der Waals surface area contributed by atoms with E-state index < -0.39 is 11.6 Å². The molecule has 20 heavy (non-hydrogen) atoms. The normalized spacial score (nSPS) is 10.7. The second-order valence-corrected chi connectivity index (χ2v) is 4.11. The molecule has 0 bridgehead atoms. The van der Waals surface area contributed by atoms with E-state index in [1.54, 1.807) is 24.3 Å². The molecular weight excluding hydrogens is 264 g/mol. The first kappa shape index (κ1) is 12.3. The van der Waals surface area contributed by atoms with Gasteiger partial charge >= 0.3 is 0 Å². The Morgan fingerprint density at radius 2 is 1.65 bits per heavy atom. The van der Waals surface area contributed by atoms with Crippen LogP contribution in [0.5, 0.6) is 0 Å². The number of para-hydroxylation sites is 1. The zero-order chi connectivity index (χ0) is 14.1. The molecule has 4 nitrogen and oxygen atoms in total. The number of nitrogens with zero attached hydrogens (tertiary/aromatic N) is 2. The molecule has 100 valence electrons. The number of aromatic nitrogens is 2. The third kappa shape index (κ3) is 2.01. The first-order valence-corrected chi connectivity index (χ1v) is 5.80. The molecule has 0 saturated carbocycles. The Balaban J connectivity index is 2.10. The highest BCUT2D eigenvalue weighted by molar-refractivity contribution is 5.72. The third-order valence-electron chi connectivity index (χ3n) is 2.80. The van der Waals surface area contributed by atoms with Crippen molar-refractivity contribution < 1.29 is 13.3 Å². The fourth-order valence-corrected chi connectivity index (χ4v) is 1.84. The lowest BCUT2D eigenvalue weighted by Gasteiger charge is -1.99. The SMILES string of the molecule is Nc1ccccc1-c1noc(-c2c(F)cccc2F)n1. The average Bonchev–Trinajstić information content (AvgIpc) is 2.88. The number of halogens is 2. The number of nitrogens with two attached hydrogens (primary N) is 1. The van der Waals surface area contributed by atoms with E-state index in [4.69, 9.17) is 10.3 Å². The molecule has 2 aromatic carbocycles. The summed E-state index contributed by atoms with van der Waals surface area (Å²) in [5.41, 5.74) is 6.44. The van der Waals surface area contributed by atoms with Crippen LogP contribution in [0.2, 0.25) is 0 Å². The Morgan fingerprint density at radius 1 is 0.950 bits per heavy atom. The Labute approximate surface area is 112 Å². The number of rotatable bonds is 2. The first-order chi connectivity index (χ1) is 9.66. The Hall–Kier alpha value is -2.76. The quantitative estimate of drug-likeness (QED) is 0.728. The van der Waals surface area contributed by atoms with Crippen molar-refractivity contribution in [2.75, 3.05) is 5.73 Å². The van der Waals surface area contributed by atoms with E-state index in [1.807, 2.05) is 0 Å². The average molecular weight is 273 g/mol. The lowest BCUT2D eigenvalue weighted by Crippen LogP contribution is -1.92. The molecule has 0 aliphatic carbocycles. The van der Waals surface area contributed by atoms with E-state index in [2.05, 4.69) is 10.1 Å². The van der Waals surface area contributed by atoms with Crippen molar-refractivity contribution in [1.82, 2.24) is 10.1 Å². The maximum absolute atomic E-state index is 13.6. The van der Waals surface area contributed by atoms with Gasteiger partial charge in [0.1, 0.15) is 17.2 Å². The van der Waals surface area contributed by atoms with Gasteiger partial charge in [-0.25, -0.2) is 8.78 Å². The highest BCUT2D eigenvalue weighted by Gasteiger charge is 2.19. The molecule has 0 unspecified atom stereocenters. The van der Waals surface area contributed by atoms with Crippen LogP contribution in [-0.2, 0) is 0 Å². The number of hydrogen-bond acceptors (Lipinski definition) is 4. The Bertz CT molecular complexity index is 750. The minimum absolute atomic E-state index is 0.181. The summed E-state index contributed by atoms with van der Waals surface area (Å²) in [7, 11) is 0. The Kier molecular flexibility index (Phi) is 2.90. The maximum atomic E-state index is 13.6. The van der Waals surface area contributed by atoms with Gasteiger partial charge in [-0.05, 0) is 24.3 Å². The first-order valence-electron chi connectivity index (χ1n) is 5.80. The number of anilines is 1. The predicted molar refractivity (Wildman–Crippen MR) is 69.5 cm³/mol. The lowest BCUT2D eigenvalue weighted by atomic mass is 10.1. The van der Waals surface area contributed by atoms with Crippen LogP contribution < -0.4 is 5.73 Å². The second kappa shape index (κ2) is 4.73. The van der Waals surface area contributed by atoms with Crippen LogP contribution in [-0.4, -0.2) is 10.1 Å². The summed E-state index contributed by atoms with van der Waals surface area (Å²) in [6.45, 7) is 0. The summed E-state index contributed by atoms with van der Waals surface area (Å²) in [6.07, 6.45) is 0. The summed E-state index contributed by atoms with van der Waals surface area (Å²) in [4.78, 5) is 4.00. The molecule has 0 spiro atoms. The summed E-state index contributed by atoms with van der Waals surface area (Å²) in [5, 5.41) is 3.71. The zero-order valence-corrected chi connectivity index (χ0v) is 10.2. The van der Waals surface area contributed by atoms with E-state index in [1.165, 1.54) is 6.07 Å². The van der Waals surface area contributed by atoms with Crippen LogP contribution in [0.15, 0.2) is 47.0 Å². The van der Waals surface area contributed by atoms with E-state index in [9.17, 15) is 8.78 Å². The largest absolute Gasteiger partial charge is 0.398 e. The molecule has 3 rings (SSSR count). The van der Waals surface area contributed by atoms with E-state index in [0.29, 0.717) is 11.3 Å². The van der Waals surface area contributed by atoms with Crippen molar-refractivity contribution in [3.8, 4) is 22.8 Å². The smallest absolute Gasteiger partial charge is 0.264 e. The van der Waals surface area contributed by atoms with Gasteiger partial charge in [0.2, 0.25) is 5.82 Å². The minimum atomic E-state index is -0.763. The fourth-order valence-electron chi connectivity index (χ4n) is 1.84. The van der Waals surface area contributed by atoms with Crippen molar-refractivity contribution in [2.45, 2.75) is 0 Å². The van der Waals surface area contributed by atoms with E-state index in [-0.39, 0.29) is 17.3 Å². The molecule has 0 aliphatic heterocycles. The van der Waals surface area contributed by atoms with Crippen LogP contribution >= 0.6 is 0 Å². The molecule has 0 amide bonds. The second-order valence-electron chi connectivity index (χ2n) is 4.11. The lowest BCUT2D eigenvalue weighted by molar-refractivity contribution is 0.426. The highest BCUT2D eigenvalue weighted by Crippen LogP contribution is 2.28. The molecule has 0 radical (unpaired) electrons. The van der Waals surface area contributed by atoms with Gasteiger partial charge in [-0.3, -0.25) is 0 Å². The van der Waals surface area contributed by atoms with E-state index in [0.717, 1.165) is 12.1 Å². The third-order valence-corrected chi connectivity index (χ3v) is 2.80. The van der Waals surface area contributed by atoms with Crippen LogP contribution in [0, 0.1) is 11.6 Å². The van der Waals surface area contributed by atoms with Crippen molar-refractivity contribution in [3.05, 3.63) is 54.1 Å². The zero-order valence-electron chi connectivity index (χ0n) is 10.2. The topological polar surface area (TPSA) is 64.9 Å². The van der Waals surface area contributed by atoms with Crippen molar-refractivity contribution >= 4 is 5.69 Å². The van der Waals surface area contributed by atoms with Gasteiger partial charge in [-0.2, -0.15) is 4.98 Å². The highest BCUT2D eigenvalue weighted by atomic mass is 19.1. The van der Waals surface area contributed by atoms with Crippen LogP contribution in [0.3, 0.4) is 0 Å². The summed E-state index contributed by atoms with van der Waals surface area (Å²) >= 11 is 0. The molecule has 0 fully saturated rings. The van der Waals surface area contributed by atoms with Crippen molar-refractivity contribution in [2.24, 2.45) is 0 Å². The monoisotopic (exact) mass is 273 g/mol. The van der Waals surface area contributed by atoms with Crippen LogP contribution in [0.4, 0.5) is 14.5 Å². The molecule has 6 heteroatoms. The molecule has 3 aromatic rings. The summed E-state index contributed by atoms with van der Waals surface area (Å²) in [5.74, 6) is -1.57. The molecular formula is C14H9F2N3O. The van der Waals surface area contributed by atoms with Gasteiger partial charge in [0.15, 0.2) is 0 Å². The minimum Gasteiger partial charge on any atom is -0.398 e. The summed E-state index contributed by atoms with van der Waals surface area (Å²) in [6, 6.07) is 10.4. The molecule has 1 aromatic heterocycles. The number of nitrogen functional groups attached to an aromatic ring is 1. The summed E-state index contributed by atoms with van der Waals surface area (Å²) < 4.78 is 32.2. The standard InChI is InChI=1S/C14H9F2N3O/c15-9-5-3-6-10(16)12(9)14-18-13(19-20-14)8-4-1-2-7-11(8)17/h1-7H,17H2. The molecule has 0 aliphatic rings. The van der Waals surface area contributed by atoms with Crippen molar-refractivity contribution in [1.29, 1.82) is 0 Å². The molecule has 0 atom stereocenters. The maximum Gasteiger partial charge on any atom is 0.264 e. The van der Waals surface area contributed by atoms with Gasteiger partial charge in [-0.15, -0.1) is 0 Å². The van der Waals surface area contributed by atoms with Gasteiger partial charge in [0, 0.05) is 11.3 Å². The van der Waals surface area contributed by atoms with Gasteiger partial charge < -0.3 is 10.3 Å². The molecule has 2 N–H and O–H groups in total. The molecule has 1 heterocycles. The van der Waals surface area contributed by atoms with Gasteiger partial charge in [0.05, 0.1) is 0 Å². The fraction of sp³-hybridized carbons (Fsp3) is 0. The Morgan fingerprint density at radius 3 is 2.35 bits per heavy atom. The van der Waals surface area contributed by atoms with Gasteiger partial charge in [0.25, 0.3) is 5.89 Å². The van der Waals surface area contributed by atoms with Crippen molar-refractivity contribution in [3.63, 3.8) is 0 Å². The van der Waals surface area contributed by atoms with Crippen LogP contribution in [0.1, 0.15) is 0 Å². The van der Waals surface area contributed by atoms with Gasteiger partial charge in [-0.1, -0.05) is 23.4 Å². The number of benzene rings is 2. The molecule has 0 saturated heterocycles. The van der Waals surface area contributed by atoms with Crippen LogP contribution in [0.25, 0.3) is 22.8 Å². The van der Waals surface area contributed by atoms with E-state index >= 15 is 0 Å².